The van der Waals surface area contributed by atoms with Crippen molar-refractivity contribution in [2.24, 2.45) is 0 Å². The number of fused-ring (bicyclic) bond motifs is 1. The molecular formula is C16H22N2O2. The third-order valence-corrected chi connectivity index (χ3v) is 3.88. The Balaban J connectivity index is 2.40. The number of nitrogens with zero attached hydrogens (tertiary/aromatic N) is 2. The molecule has 1 heterocycles. The Morgan fingerprint density at radius 3 is 2.60 bits per heavy atom. The number of hydrogen-bond acceptors (Lipinski definition) is 2. The largest absolute Gasteiger partial charge is 0.478 e. The van der Waals surface area contributed by atoms with Crippen LogP contribution in [-0.4, -0.2) is 40.2 Å². The van der Waals surface area contributed by atoms with E-state index in [1.165, 1.54) is 0 Å². The Morgan fingerprint density at radius 1 is 1.30 bits per heavy atom. The molecular weight excluding hydrogens is 252 g/mol. The monoisotopic (exact) mass is 274 g/mol. The fraction of sp³-hybridized carbons (Fsp3) is 0.438. The smallest absolute Gasteiger partial charge is 0.337 e. The van der Waals surface area contributed by atoms with E-state index in [0.29, 0.717) is 5.56 Å². The molecule has 0 fully saturated rings. The molecule has 0 spiro atoms. The Kier molecular flexibility index (Phi) is 4.45. The summed E-state index contributed by atoms with van der Waals surface area (Å²) < 4.78 is 2.08. The number of carboxylic acids is 1. The van der Waals surface area contributed by atoms with Crippen molar-refractivity contribution in [1.29, 1.82) is 0 Å². The minimum absolute atomic E-state index is 0.392. The molecule has 0 aliphatic heterocycles. The highest BCUT2D eigenvalue weighted by molar-refractivity contribution is 6.04. The van der Waals surface area contributed by atoms with Crippen LogP contribution in [0.15, 0.2) is 24.4 Å². The molecule has 108 valence electrons. The second-order valence-electron chi connectivity index (χ2n) is 5.04. The Hall–Kier alpha value is -1.81. The van der Waals surface area contributed by atoms with Gasteiger partial charge in [-0.2, -0.15) is 0 Å². The summed E-state index contributed by atoms with van der Waals surface area (Å²) in [5.41, 5.74) is 2.55. The number of carboxylic acid groups (broad SMARTS) is 1. The third-order valence-electron chi connectivity index (χ3n) is 3.88. The Morgan fingerprint density at radius 2 is 2.00 bits per heavy atom. The number of benzene rings is 1. The lowest BCUT2D eigenvalue weighted by Crippen LogP contribution is -2.26. The van der Waals surface area contributed by atoms with E-state index in [0.717, 1.165) is 42.6 Å². The van der Waals surface area contributed by atoms with Gasteiger partial charge in [0.1, 0.15) is 0 Å². The molecule has 1 N–H and O–H groups in total. The van der Waals surface area contributed by atoms with Crippen LogP contribution in [0.4, 0.5) is 0 Å². The second-order valence-corrected chi connectivity index (χ2v) is 5.04. The summed E-state index contributed by atoms with van der Waals surface area (Å²) in [6, 6.07) is 5.83. The van der Waals surface area contributed by atoms with E-state index in [1.54, 1.807) is 6.20 Å². The minimum atomic E-state index is -0.859. The fourth-order valence-electron chi connectivity index (χ4n) is 2.68. The fourth-order valence-corrected chi connectivity index (χ4v) is 2.68. The summed E-state index contributed by atoms with van der Waals surface area (Å²) >= 11 is 0. The highest BCUT2D eigenvalue weighted by atomic mass is 16.4. The molecule has 0 amide bonds. The molecule has 0 aliphatic rings. The van der Waals surface area contributed by atoms with Crippen molar-refractivity contribution in [3.8, 4) is 0 Å². The van der Waals surface area contributed by atoms with Crippen LogP contribution in [0.1, 0.15) is 29.8 Å². The van der Waals surface area contributed by atoms with E-state index in [9.17, 15) is 9.90 Å². The highest BCUT2D eigenvalue weighted by Gasteiger charge is 2.15. The zero-order chi connectivity index (χ0) is 14.7. The average molecular weight is 274 g/mol. The molecule has 1 aromatic heterocycles. The van der Waals surface area contributed by atoms with Crippen LogP contribution in [0.2, 0.25) is 0 Å². The van der Waals surface area contributed by atoms with Gasteiger partial charge in [-0.3, -0.25) is 0 Å². The van der Waals surface area contributed by atoms with Gasteiger partial charge in [-0.25, -0.2) is 4.79 Å². The van der Waals surface area contributed by atoms with E-state index in [1.807, 2.05) is 25.1 Å². The molecule has 4 nitrogen and oxygen atoms in total. The highest BCUT2D eigenvalue weighted by Crippen LogP contribution is 2.24. The van der Waals surface area contributed by atoms with E-state index >= 15 is 0 Å². The molecule has 0 atom stereocenters. The topological polar surface area (TPSA) is 45.5 Å². The second kappa shape index (κ2) is 6.09. The van der Waals surface area contributed by atoms with Crippen LogP contribution in [0.5, 0.6) is 0 Å². The first kappa shape index (κ1) is 14.6. The average Bonchev–Trinajstić information content (AvgIpc) is 2.80. The van der Waals surface area contributed by atoms with E-state index in [-0.39, 0.29) is 0 Å². The first-order valence-corrected chi connectivity index (χ1v) is 7.12. The summed E-state index contributed by atoms with van der Waals surface area (Å²) in [6.07, 6.45) is 1.77. The number of para-hydroxylation sites is 1. The van der Waals surface area contributed by atoms with Crippen LogP contribution in [0.3, 0.4) is 0 Å². The molecule has 0 aliphatic carbocycles. The summed E-state index contributed by atoms with van der Waals surface area (Å²) in [4.78, 5) is 13.7. The minimum Gasteiger partial charge on any atom is -0.478 e. The number of aromatic nitrogens is 1. The summed E-state index contributed by atoms with van der Waals surface area (Å²) in [5, 5.41) is 10.2. The van der Waals surface area contributed by atoms with E-state index < -0.39 is 5.97 Å². The Bertz CT molecular complexity index is 612. The van der Waals surface area contributed by atoms with Crippen LogP contribution in [-0.2, 0) is 6.54 Å². The molecule has 0 radical (unpaired) electrons. The number of likely N-dealkylation sites (N-methyl/N-ethyl adjacent to an activating group) is 1. The number of carbonyl (C=O) groups is 1. The number of aromatic carboxylic acids is 1. The van der Waals surface area contributed by atoms with Gasteiger partial charge in [0.2, 0.25) is 0 Å². The Labute approximate surface area is 119 Å². The molecule has 0 unspecified atom stereocenters. The summed E-state index contributed by atoms with van der Waals surface area (Å²) in [5.74, 6) is -0.859. The lowest BCUT2D eigenvalue weighted by atomic mass is 10.1. The third kappa shape index (κ3) is 2.70. The summed E-state index contributed by atoms with van der Waals surface area (Å²) in [7, 11) is 0. The van der Waals surface area contributed by atoms with Gasteiger partial charge >= 0.3 is 5.97 Å². The first-order valence-electron chi connectivity index (χ1n) is 7.12. The van der Waals surface area contributed by atoms with Crippen molar-refractivity contribution >= 4 is 16.9 Å². The van der Waals surface area contributed by atoms with Gasteiger partial charge in [-0.15, -0.1) is 0 Å². The molecule has 2 aromatic rings. The molecule has 20 heavy (non-hydrogen) atoms. The van der Waals surface area contributed by atoms with Crippen molar-refractivity contribution in [2.75, 3.05) is 19.6 Å². The maximum atomic E-state index is 11.4. The SMILES string of the molecule is CCN(CC)CCn1cc(C(=O)O)c2cccc(C)c21. The van der Waals surface area contributed by atoms with E-state index in [2.05, 4.69) is 23.3 Å². The van der Waals surface area contributed by atoms with Crippen molar-refractivity contribution in [3.63, 3.8) is 0 Å². The van der Waals surface area contributed by atoms with Gasteiger partial charge < -0.3 is 14.6 Å². The first-order chi connectivity index (χ1) is 9.58. The molecule has 2 rings (SSSR count). The molecule has 0 saturated heterocycles. The molecule has 4 heteroatoms. The van der Waals surface area contributed by atoms with Crippen molar-refractivity contribution < 1.29 is 9.90 Å². The van der Waals surface area contributed by atoms with Gasteiger partial charge in [0.15, 0.2) is 0 Å². The van der Waals surface area contributed by atoms with Gasteiger partial charge in [0, 0.05) is 24.7 Å². The van der Waals surface area contributed by atoms with Crippen molar-refractivity contribution in [1.82, 2.24) is 9.47 Å². The van der Waals surface area contributed by atoms with Gasteiger partial charge in [-0.05, 0) is 25.6 Å². The number of hydrogen-bond donors (Lipinski definition) is 1. The van der Waals surface area contributed by atoms with Gasteiger partial charge in [0.05, 0.1) is 11.1 Å². The molecule has 0 bridgehead atoms. The number of aryl methyl sites for hydroxylation is 1. The van der Waals surface area contributed by atoms with E-state index in [4.69, 9.17) is 0 Å². The normalized spacial score (nSPS) is 11.4. The van der Waals surface area contributed by atoms with Gasteiger partial charge in [0.25, 0.3) is 0 Å². The standard InChI is InChI=1S/C16H22N2O2/c1-4-17(5-2)9-10-18-11-14(16(19)20)13-8-6-7-12(3)15(13)18/h6-8,11H,4-5,9-10H2,1-3H3,(H,19,20). The summed E-state index contributed by atoms with van der Waals surface area (Å²) in [6.45, 7) is 10.1. The van der Waals surface area contributed by atoms with Crippen molar-refractivity contribution in [3.05, 3.63) is 35.5 Å². The van der Waals surface area contributed by atoms with Crippen LogP contribution < -0.4 is 0 Å². The molecule has 1 aromatic carbocycles. The quantitative estimate of drug-likeness (QED) is 0.880. The maximum Gasteiger partial charge on any atom is 0.337 e. The van der Waals surface area contributed by atoms with Crippen LogP contribution in [0, 0.1) is 6.92 Å². The number of rotatable bonds is 6. The van der Waals surface area contributed by atoms with Crippen LogP contribution in [0.25, 0.3) is 10.9 Å². The predicted molar refractivity (Wildman–Crippen MR) is 81.4 cm³/mol. The van der Waals surface area contributed by atoms with Crippen molar-refractivity contribution in [2.45, 2.75) is 27.3 Å². The lowest BCUT2D eigenvalue weighted by molar-refractivity contribution is 0.0698. The van der Waals surface area contributed by atoms with Gasteiger partial charge in [-0.1, -0.05) is 32.0 Å². The zero-order valence-corrected chi connectivity index (χ0v) is 12.4. The lowest BCUT2D eigenvalue weighted by Gasteiger charge is -2.18. The predicted octanol–water partition coefficient (Wildman–Crippen LogP) is 2.99. The zero-order valence-electron chi connectivity index (χ0n) is 12.4. The van der Waals surface area contributed by atoms with Crippen LogP contribution >= 0.6 is 0 Å². The maximum absolute atomic E-state index is 11.4. The molecule has 0 saturated carbocycles.